The van der Waals surface area contributed by atoms with E-state index >= 15 is 0 Å². The fourth-order valence-electron chi connectivity index (χ4n) is 11.8. The fourth-order valence-corrected chi connectivity index (χ4v) is 14.6. The van der Waals surface area contributed by atoms with Gasteiger partial charge in [0.25, 0.3) is 0 Å². The third-order valence-corrected chi connectivity index (χ3v) is 17.5. The molecular weight excluding hydrogens is 763 g/mol. The molecule has 0 amide bonds. The van der Waals surface area contributed by atoms with Crippen LogP contribution in [0.5, 0.6) is 0 Å². The molecule has 60 heavy (non-hydrogen) atoms. The van der Waals surface area contributed by atoms with Crippen LogP contribution in [0.15, 0.2) is 181 Å². The Kier molecular flexibility index (Phi) is 9.26. The summed E-state index contributed by atoms with van der Waals surface area (Å²) in [5.41, 5.74) is 13.3. The predicted octanol–water partition coefficient (Wildman–Crippen LogP) is 14.9. The maximum Gasteiger partial charge on any atom is 0.0585 e. The number of anilines is 1. The van der Waals surface area contributed by atoms with E-state index in [1.165, 1.54) is 60.1 Å². The van der Waals surface area contributed by atoms with E-state index in [0.717, 1.165) is 38.5 Å². The van der Waals surface area contributed by atoms with Crippen LogP contribution in [-0.2, 0) is 12.8 Å². The van der Waals surface area contributed by atoms with Gasteiger partial charge in [-0.2, -0.15) is 0 Å². The van der Waals surface area contributed by atoms with Gasteiger partial charge < -0.3 is 4.90 Å². The highest BCUT2D eigenvalue weighted by atomic mass is 32.2. The SMILES string of the molecule is CC1C=CC=CC1N(C1=CC2C(C=C1)SC1C=CC=C[C@H]12)c1cc2c(c3ccccc13)CC(CC(C1=CC=CCC1)C1=Cc3c(sc4ccccc34)CC1)c1ccccc1-2. The minimum atomic E-state index is 0.213. The van der Waals surface area contributed by atoms with Crippen molar-refractivity contribution < 1.29 is 0 Å². The molecule has 12 rings (SSSR count). The first-order chi connectivity index (χ1) is 29.7. The highest BCUT2D eigenvalue weighted by Gasteiger charge is 2.42. The summed E-state index contributed by atoms with van der Waals surface area (Å²) < 4.78 is 1.43. The molecule has 1 fully saturated rings. The van der Waals surface area contributed by atoms with Crippen molar-refractivity contribution in [1.29, 1.82) is 0 Å². The Morgan fingerprint density at radius 3 is 2.42 bits per heavy atom. The molecule has 2 heterocycles. The molecule has 7 aliphatic rings. The lowest BCUT2D eigenvalue weighted by Gasteiger charge is -2.40. The normalized spacial score (nSPS) is 27.4. The first-order valence-electron chi connectivity index (χ1n) is 22.4. The van der Waals surface area contributed by atoms with E-state index in [-0.39, 0.29) is 6.04 Å². The summed E-state index contributed by atoms with van der Waals surface area (Å²) in [4.78, 5) is 4.28. The lowest BCUT2D eigenvalue weighted by molar-refractivity contribution is 0.507. The maximum absolute atomic E-state index is 2.71. The molecule has 296 valence electrons. The Morgan fingerprint density at radius 1 is 0.717 bits per heavy atom. The first kappa shape index (κ1) is 36.7. The average Bonchev–Trinajstić information content (AvgIpc) is 3.87. The Morgan fingerprint density at radius 2 is 1.52 bits per heavy atom. The third-order valence-electron chi connectivity index (χ3n) is 14.7. The van der Waals surface area contributed by atoms with Crippen molar-refractivity contribution in [1.82, 2.24) is 0 Å². The van der Waals surface area contributed by atoms with Crippen LogP contribution in [0.2, 0.25) is 0 Å². The van der Waals surface area contributed by atoms with Crippen molar-refractivity contribution in [2.45, 2.75) is 67.9 Å². The maximum atomic E-state index is 2.71. The van der Waals surface area contributed by atoms with Crippen LogP contribution in [0.4, 0.5) is 5.69 Å². The highest BCUT2D eigenvalue weighted by Crippen LogP contribution is 2.53. The second-order valence-corrected chi connectivity index (χ2v) is 20.5. The lowest BCUT2D eigenvalue weighted by Crippen LogP contribution is -2.39. The van der Waals surface area contributed by atoms with E-state index in [1.807, 2.05) is 11.3 Å². The molecule has 0 N–H and O–H groups in total. The molecule has 3 heteroatoms. The number of benzene rings is 4. The van der Waals surface area contributed by atoms with Gasteiger partial charge in [0.05, 0.1) is 11.7 Å². The number of nitrogens with zero attached hydrogens (tertiary/aromatic N) is 1. The summed E-state index contributed by atoms with van der Waals surface area (Å²) in [6.07, 6.45) is 42.9. The summed E-state index contributed by atoms with van der Waals surface area (Å²) in [5.74, 6) is 2.26. The summed E-state index contributed by atoms with van der Waals surface area (Å²) in [6.45, 7) is 2.39. The van der Waals surface area contributed by atoms with E-state index in [9.17, 15) is 0 Å². The second kappa shape index (κ2) is 15.1. The zero-order chi connectivity index (χ0) is 39.7. The highest BCUT2D eigenvalue weighted by molar-refractivity contribution is 8.01. The van der Waals surface area contributed by atoms with Crippen LogP contribution in [0.3, 0.4) is 0 Å². The second-order valence-electron chi connectivity index (χ2n) is 18.0. The molecule has 0 radical (unpaired) electrons. The molecule has 0 bridgehead atoms. The van der Waals surface area contributed by atoms with Crippen LogP contribution < -0.4 is 4.90 Å². The van der Waals surface area contributed by atoms with Crippen molar-refractivity contribution in [2.24, 2.45) is 23.7 Å². The predicted molar refractivity (Wildman–Crippen MR) is 260 cm³/mol. The van der Waals surface area contributed by atoms with E-state index < -0.39 is 0 Å². The Hall–Kier alpha value is -5.09. The zero-order valence-corrected chi connectivity index (χ0v) is 35.9. The number of aryl methyl sites for hydroxylation is 1. The molecule has 0 saturated carbocycles. The van der Waals surface area contributed by atoms with Crippen molar-refractivity contribution in [3.8, 4) is 11.1 Å². The average molecular weight is 814 g/mol. The van der Waals surface area contributed by atoms with Crippen molar-refractivity contribution >= 4 is 55.7 Å². The quantitative estimate of drug-likeness (QED) is 0.161. The molecule has 1 saturated heterocycles. The van der Waals surface area contributed by atoms with Crippen LogP contribution in [-0.4, -0.2) is 16.5 Å². The van der Waals surface area contributed by atoms with Crippen LogP contribution >= 0.6 is 23.1 Å². The number of hydrogen-bond donors (Lipinski definition) is 0. The Balaban J connectivity index is 0.975. The standard InChI is InChI=1S/C57H51NS2/c1-36-15-5-12-24-52(36)58(40-28-30-57-51(34-40)46-23-11-14-26-55(46)60-57)53-35-49-42-19-7-6-18-41(42)39(33-48(49)43-20-8-9-21-44(43)53)32-47(37-16-3-2-4-17-37)38-27-29-56-50(31-38)45-22-10-13-25-54(45)59-56/h2-3,5-16,18-26,28,30-31,34-36,39,46-47,51-52,55,57H,4,17,27,29,32-33H2,1H3/t36?,39?,46-,47?,51?,52?,55?,57?/m0/s1. The summed E-state index contributed by atoms with van der Waals surface area (Å²) in [7, 11) is 0. The van der Waals surface area contributed by atoms with Gasteiger partial charge in [0, 0.05) is 48.9 Å². The van der Waals surface area contributed by atoms with Gasteiger partial charge in [-0.15, -0.1) is 23.1 Å². The molecular formula is C57H51NS2. The summed E-state index contributed by atoms with van der Waals surface area (Å²) in [6, 6.07) is 30.7. The fraction of sp³-hybridized carbons (Fsp3) is 0.263. The molecule has 7 unspecified atom stereocenters. The number of thiophene rings is 1. The molecule has 1 aromatic heterocycles. The van der Waals surface area contributed by atoms with Crippen molar-refractivity contribution in [3.63, 3.8) is 0 Å². The largest absolute Gasteiger partial charge is 0.334 e. The molecule has 5 aromatic rings. The van der Waals surface area contributed by atoms with Crippen LogP contribution in [0.1, 0.15) is 60.1 Å². The van der Waals surface area contributed by atoms with E-state index in [1.54, 1.807) is 16.0 Å². The first-order valence-corrected chi connectivity index (χ1v) is 24.2. The summed E-state index contributed by atoms with van der Waals surface area (Å²) in [5, 5.41) is 5.28. The number of fused-ring (bicyclic) bond motifs is 11. The topological polar surface area (TPSA) is 3.24 Å². The molecule has 0 spiro atoms. The van der Waals surface area contributed by atoms with Gasteiger partial charge in [-0.25, -0.2) is 0 Å². The minimum absolute atomic E-state index is 0.213. The zero-order valence-electron chi connectivity index (χ0n) is 34.3. The van der Waals surface area contributed by atoms with Gasteiger partial charge in [0.2, 0.25) is 0 Å². The molecule has 4 aromatic carbocycles. The van der Waals surface area contributed by atoms with Gasteiger partial charge >= 0.3 is 0 Å². The number of hydrogen-bond acceptors (Lipinski definition) is 3. The summed E-state index contributed by atoms with van der Waals surface area (Å²) >= 11 is 4.14. The van der Waals surface area contributed by atoms with Crippen LogP contribution in [0.25, 0.3) is 38.1 Å². The third kappa shape index (κ3) is 6.18. The Bertz CT molecular complexity index is 2830. The van der Waals surface area contributed by atoms with Gasteiger partial charge in [0.1, 0.15) is 0 Å². The number of rotatable bonds is 7. The van der Waals surface area contributed by atoms with Crippen LogP contribution in [0, 0.1) is 23.7 Å². The number of allylic oxidation sites excluding steroid dienone is 12. The van der Waals surface area contributed by atoms with E-state index in [0.29, 0.717) is 40.1 Å². The van der Waals surface area contributed by atoms with E-state index in [4.69, 9.17) is 0 Å². The van der Waals surface area contributed by atoms with E-state index in [2.05, 4.69) is 194 Å². The van der Waals surface area contributed by atoms with Gasteiger partial charge in [-0.3, -0.25) is 0 Å². The Labute approximate surface area is 363 Å². The number of thioether (sulfide) groups is 1. The van der Waals surface area contributed by atoms with Crippen molar-refractivity contribution in [3.05, 3.63) is 202 Å². The monoisotopic (exact) mass is 813 g/mol. The molecule has 1 aliphatic heterocycles. The smallest absolute Gasteiger partial charge is 0.0585 e. The van der Waals surface area contributed by atoms with Gasteiger partial charge in [-0.05, 0) is 107 Å². The minimum Gasteiger partial charge on any atom is -0.334 e. The molecule has 6 aliphatic carbocycles. The molecule has 8 atom stereocenters. The van der Waals surface area contributed by atoms with Gasteiger partial charge in [-0.1, -0.05) is 170 Å². The lowest BCUT2D eigenvalue weighted by atomic mass is 9.70. The van der Waals surface area contributed by atoms with Gasteiger partial charge in [0.15, 0.2) is 0 Å². The molecule has 1 nitrogen and oxygen atoms in total. The van der Waals surface area contributed by atoms with Crippen molar-refractivity contribution in [2.75, 3.05) is 4.90 Å².